The number of rotatable bonds is 7. The standard InChI is InChI=1S/C19H25NO4Si.CH3.ClH.Ru/c1-14-10-16(13-25(22-3,23-4)24-5)11-15(2)19(14)20-12-17-8-6-7-9-18(17)21;;;/h6-12,21H,13H2,1-5H3;1H3;1H;/q;-1;;+2/p-1. The zero-order valence-electron chi connectivity index (χ0n) is 17.1. The van der Waals surface area contributed by atoms with E-state index in [0.717, 1.165) is 22.4 Å². The summed E-state index contributed by atoms with van der Waals surface area (Å²) in [5, 5.41) is 9.85. The first kappa shape index (κ1) is 26.9. The Morgan fingerprint density at radius 2 is 1.54 bits per heavy atom. The Kier molecular flexibility index (Phi) is 12.7. The maximum atomic E-state index is 9.85. The number of halogens is 1. The van der Waals surface area contributed by atoms with Gasteiger partial charge in [0, 0.05) is 39.2 Å². The summed E-state index contributed by atoms with van der Waals surface area (Å²) < 4.78 is 16.5. The van der Waals surface area contributed by atoms with Gasteiger partial charge < -0.3 is 25.8 Å². The number of para-hydroxylation sites is 1. The first-order valence-corrected chi connectivity index (χ1v) is 12.3. The molecule has 0 unspecified atom stereocenters. The number of hydrogen-bond donors (Lipinski definition) is 1. The van der Waals surface area contributed by atoms with Crippen LogP contribution in [0.15, 0.2) is 41.4 Å². The minimum atomic E-state index is -2.67. The molecule has 2 rings (SSSR count). The van der Waals surface area contributed by atoms with Crippen LogP contribution >= 0.6 is 9.69 Å². The molecule has 8 heteroatoms. The van der Waals surface area contributed by atoms with Gasteiger partial charge in [-0.05, 0) is 42.7 Å². The Hall–Kier alpha value is -1.08. The second-order valence-electron chi connectivity index (χ2n) is 5.87. The van der Waals surface area contributed by atoms with Crippen molar-refractivity contribution < 1.29 is 35.7 Å². The Balaban J connectivity index is 0.00000235. The van der Waals surface area contributed by atoms with Gasteiger partial charge in [-0.2, -0.15) is 0 Å². The van der Waals surface area contributed by atoms with E-state index in [-0.39, 0.29) is 13.2 Å². The topological polar surface area (TPSA) is 60.3 Å². The summed E-state index contributed by atoms with van der Waals surface area (Å²) in [6, 6.07) is 11.9. The number of aryl methyl sites for hydroxylation is 2. The monoisotopic (exact) mass is 511 g/mol. The van der Waals surface area contributed by atoms with Crippen LogP contribution in [0.25, 0.3) is 0 Å². The molecular weight excluding hydrogens is 483 g/mol. The molecule has 0 fully saturated rings. The van der Waals surface area contributed by atoms with Crippen molar-refractivity contribution in [2.75, 3.05) is 21.3 Å². The number of aromatic hydroxyl groups is 1. The van der Waals surface area contributed by atoms with E-state index in [1.165, 1.54) is 0 Å². The van der Waals surface area contributed by atoms with Crippen LogP contribution in [0, 0.1) is 21.3 Å². The van der Waals surface area contributed by atoms with Crippen LogP contribution < -0.4 is 0 Å². The minimum absolute atomic E-state index is 0. The summed E-state index contributed by atoms with van der Waals surface area (Å²) in [5.74, 6) is 0.217. The van der Waals surface area contributed by atoms with Crippen LogP contribution in [0.3, 0.4) is 0 Å². The van der Waals surface area contributed by atoms with Gasteiger partial charge in [0.25, 0.3) is 0 Å². The SMILES string of the molecule is CO[Si](Cc1cc(C)c(N=Cc2ccccc2O)c(C)c1)(OC)OC.[CH3-].[Cl][Ru+]. The summed E-state index contributed by atoms with van der Waals surface area (Å²) in [7, 11) is 6.74. The molecule has 5 nitrogen and oxygen atoms in total. The van der Waals surface area contributed by atoms with Crippen molar-refractivity contribution in [3.63, 3.8) is 0 Å². The van der Waals surface area contributed by atoms with Gasteiger partial charge in [0.15, 0.2) is 0 Å². The molecule has 28 heavy (non-hydrogen) atoms. The molecule has 0 aromatic heterocycles. The molecule has 0 aliphatic heterocycles. The Labute approximate surface area is 183 Å². The Bertz CT molecular complexity index is 738. The number of nitrogens with zero attached hydrogens (tertiary/aromatic N) is 1. The number of phenols is 1. The molecule has 0 aliphatic carbocycles. The molecule has 2 aromatic rings. The first-order chi connectivity index (χ1) is 12.9. The van der Waals surface area contributed by atoms with Crippen molar-refractivity contribution >= 4 is 30.4 Å². The van der Waals surface area contributed by atoms with E-state index in [1.54, 1.807) is 39.7 Å². The fraction of sp³-hybridized carbons (Fsp3) is 0.300. The van der Waals surface area contributed by atoms with E-state index < -0.39 is 8.80 Å². The van der Waals surface area contributed by atoms with Gasteiger partial charge in [-0.15, -0.1) is 0 Å². The summed E-state index contributed by atoms with van der Waals surface area (Å²) in [5.41, 5.74) is 4.77. The molecule has 0 spiro atoms. The van der Waals surface area contributed by atoms with Crippen molar-refractivity contribution in [2.45, 2.75) is 19.9 Å². The van der Waals surface area contributed by atoms with E-state index in [4.69, 9.17) is 13.3 Å². The van der Waals surface area contributed by atoms with Gasteiger partial charge in [0.1, 0.15) is 5.75 Å². The van der Waals surface area contributed by atoms with Crippen molar-refractivity contribution in [1.82, 2.24) is 0 Å². The van der Waals surface area contributed by atoms with Crippen LogP contribution in [0.5, 0.6) is 5.75 Å². The van der Waals surface area contributed by atoms with Gasteiger partial charge in [-0.1, -0.05) is 24.3 Å². The van der Waals surface area contributed by atoms with E-state index >= 15 is 0 Å². The average molecular weight is 511 g/mol. The molecule has 2 aromatic carbocycles. The van der Waals surface area contributed by atoms with Gasteiger partial charge in [-0.25, -0.2) is 0 Å². The predicted octanol–water partition coefficient (Wildman–Crippen LogP) is 4.86. The molecule has 0 radical (unpaired) electrons. The molecule has 156 valence electrons. The van der Waals surface area contributed by atoms with E-state index in [9.17, 15) is 5.11 Å². The third-order valence-electron chi connectivity index (χ3n) is 4.17. The van der Waals surface area contributed by atoms with Crippen molar-refractivity contribution in [2.24, 2.45) is 4.99 Å². The van der Waals surface area contributed by atoms with Crippen molar-refractivity contribution in [1.29, 1.82) is 0 Å². The zero-order chi connectivity index (χ0) is 20.4. The Morgan fingerprint density at radius 1 is 1.04 bits per heavy atom. The van der Waals surface area contributed by atoms with E-state index in [1.807, 2.05) is 43.3 Å². The van der Waals surface area contributed by atoms with Crippen molar-refractivity contribution in [3.05, 3.63) is 66.1 Å². The summed E-state index contributed by atoms with van der Waals surface area (Å²) >= 11 is 1.82. The molecule has 0 bridgehead atoms. The molecule has 1 N–H and O–H groups in total. The molecule has 0 saturated carbocycles. The van der Waals surface area contributed by atoms with Gasteiger partial charge in [0.2, 0.25) is 0 Å². The van der Waals surface area contributed by atoms with Crippen LogP contribution in [-0.2, 0) is 36.6 Å². The molecule has 0 aliphatic rings. The van der Waals surface area contributed by atoms with Crippen LogP contribution in [-0.4, -0.2) is 41.5 Å². The third kappa shape index (κ3) is 7.07. The van der Waals surface area contributed by atoms with Crippen LogP contribution in [0.1, 0.15) is 22.3 Å². The third-order valence-corrected chi connectivity index (χ3v) is 6.88. The van der Waals surface area contributed by atoms with Gasteiger partial charge >= 0.3 is 35.8 Å². The normalized spacial score (nSPS) is 11.0. The van der Waals surface area contributed by atoms with Crippen LogP contribution in [0.2, 0.25) is 0 Å². The van der Waals surface area contributed by atoms with E-state index in [2.05, 4.69) is 26.8 Å². The average Bonchev–Trinajstić information content (AvgIpc) is 2.68. The molecule has 0 amide bonds. The number of hydrogen-bond acceptors (Lipinski definition) is 5. The second kappa shape index (κ2) is 13.2. The number of aliphatic imine (C=N–C) groups is 1. The van der Waals surface area contributed by atoms with E-state index in [0.29, 0.717) is 11.6 Å². The van der Waals surface area contributed by atoms with Gasteiger partial charge in [-0.3, -0.25) is 4.99 Å². The summed E-state index contributed by atoms with van der Waals surface area (Å²) in [6.45, 7) is 4.04. The fourth-order valence-electron chi connectivity index (χ4n) is 2.80. The number of phenolic OH excluding ortho intramolecular Hbond substituents is 1. The number of benzene rings is 2. The molecular formula is C20H28ClNO4RuSi. The Morgan fingerprint density at radius 3 is 2.00 bits per heavy atom. The summed E-state index contributed by atoms with van der Waals surface area (Å²) in [6.07, 6.45) is 1.68. The van der Waals surface area contributed by atoms with Gasteiger partial charge in [0.05, 0.1) is 5.69 Å². The quantitative estimate of drug-likeness (QED) is 0.328. The first-order valence-electron chi connectivity index (χ1n) is 8.15. The van der Waals surface area contributed by atoms with Crippen molar-refractivity contribution in [3.8, 4) is 5.75 Å². The molecule has 0 heterocycles. The second-order valence-corrected chi connectivity index (χ2v) is 8.81. The predicted molar refractivity (Wildman–Crippen MR) is 114 cm³/mol. The molecule has 0 atom stereocenters. The fourth-order valence-corrected chi connectivity index (χ4v) is 4.44. The summed E-state index contributed by atoms with van der Waals surface area (Å²) in [4.78, 5) is 4.57. The van der Waals surface area contributed by atoms with Crippen LogP contribution in [0.4, 0.5) is 5.69 Å². The zero-order valence-corrected chi connectivity index (χ0v) is 20.6. The maximum absolute atomic E-state index is 9.85. The molecule has 0 saturated heterocycles.